The Bertz CT molecular complexity index is 210. The molecular weight excluding hydrogens is 210 g/mol. The molecule has 0 aromatic heterocycles. The molecule has 2 fully saturated rings. The molecule has 0 radical (unpaired) electrons. The van der Waals surface area contributed by atoms with Crippen LogP contribution in [0.4, 0.5) is 0 Å². The predicted octanol–water partition coefficient (Wildman–Crippen LogP) is 1.40. The maximum absolute atomic E-state index is 3.53. The highest BCUT2D eigenvalue weighted by Gasteiger charge is 2.27. The zero-order chi connectivity index (χ0) is 12.1. The van der Waals surface area contributed by atoms with Crippen LogP contribution in [0, 0.1) is 5.92 Å². The van der Waals surface area contributed by atoms with Gasteiger partial charge in [-0.25, -0.2) is 0 Å². The quantitative estimate of drug-likeness (QED) is 0.782. The van der Waals surface area contributed by atoms with Crippen molar-refractivity contribution in [3.8, 4) is 0 Å². The molecule has 100 valence electrons. The van der Waals surface area contributed by atoms with Gasteiger partial charge in [-0.3, -0.25) is 4.90 Å². The van der Waals surface area contributed by atoms with E-state index in [-0.39, 0.29) is 0 Å². The molecule has 1 N–H and O–H groups in total. The molecule has 2 unspecified atom stereocenters. The number of likely N-dealkylation sites (tertiary alicyclic amines) is 1. The minimum Gasteiger partial charge on any atom is -0.316 e. The molecule has 2 rings (SSSR count). The number of likely N-dealkylation sites (N-methyl/N-ethyl adjacent to an activating group) is 1. The first-order chi connectivity index (χ1) is 8.33. The lowest BCUT2D eigenvalue weighted by Crippen LogP contribution is -2.40. The van der Waals surface area contributed by atoms with Crippen LogP contribution in [0.1, 0.15) is 33.1 Å². The van der Waals surface area contributed by atoms with E-state index in [0.717, 1.165) is 12.0 Å². The fourth-order valence-corrected chi connectivity index (χ4v) is 3.46. The van der Waals surface area contributed by atoms with Crippen molar-refractivity contribution in [3.63, 3.8) is 0 Å². The number of nitrogens with one attached hydrogen (secondary N) is 1. The van der Waals surface area contributed by atoms with Crippen molar-refractivity contribution in [2.45, 2.75) is 39.2 Å². The third-order valence-corrected chi connectivity index (χ3v) is 4.49. The zero-order valence-corrected chi connectivity index (χ0v) is 11.6. The Labute approximate surface area is 107 Å². The first-order valence-electron chi connectivity index (χ1n) is 7.50. The number of rotatable bonds is 5. The summed E-state index contributed by atoms with van der Waals surface area (Å²) in [4.78, 5) is 5.32. The molecule has 3 heteroatoms. The van der Waals surface area contributed by atoms with Crippen molar-refractivity contribution < 1.29 is 0 Å². The second-order valence-electron chi connectivity index (χ2n) is 5.64. The van der Waals surface area contributed by atoms with E-state index in [9.17, 15) is 0 Å². The van der Waals surface area contributed by atoms with E-state index in [1.807, 2.05) is 0 Å². The summed E-state index contributed by atoms with van der Waals surface area (Å²) in [7, 11) is 0. The molecule has 0 spiro atoms. The van der Waals surface area contributed by atoms with Gasteiger partial charge in [0.1, 0.15) is 0 Å². The van der Waals surface area contributed by atoms with Gasteiger partial charge in [0.05, 0.1) is 0 Å². The molecule has 2 saturated heterocycles. The number of piperidine rings is 1. The van der Waals surface area contributed by atoms with Crippen molar-refractivity contribution in [3.05, 3.63) is 0 Å². The summed E-state index contributed by atoms with van der Waals surface area (Å²) in [6.45, 7) is 13.4. The van der Waals surface area contributed by atoms with Crippen molar-refractivity contribution in [2.24, 2.45) is 5.92 Å². The van der Waals surface area contributed by atoms with E-state index in [2.05, 4.69) is 29.0 Å². The van der Waals surface area contributed by atoms with Crippen molar-refractivity contribution >= 4 is 0 Å². The Hall–Kier alpha value is -0.120. The number of nitrogens with zero attached hydrogens (tertiary/aromatic N) is 2. The Morgan fingerprint density at radius 3 is 2.71 bits per heavy atom. The summed E-state index contributed by atoms with van der Waals surface area (Å²) in [5.41, 5.74) is 0. The van der Waals surface area contributed by atoms with Gasteiger partial charge in [0.15, 0.2) is 0 Å². The summed E-state index contributed by atoms with van der Waals surface area (Å²) in [5, 5.41) is 3.53. The highest BCUT2D eigenvalue weighted by molar-refractivity contribution is 4.84. The monoisotopic (exact) mass is 239 g/mol. The second kappa shape index (κ2) is 6.72. The lowest BCUT2D eigenvalue weighted by molar-refractivity contribution is 0.194. The van der Waals surface area contributed by atoms with Crippen LogP contribution >= 0.6 is 0 Å². The molecule has 2 aliphatic rings. The fraction of sp³-hybridized carbons (Fsp3) is 1.00. The SMILES string of the molecule is CCN(CC)C1CCN(CC2CCCNC2)C1. The summed E-state index contributed by atoms with van der Waals surface area (Å²) in [5.74, 6) is 0.902. The third kappa shape index (κ3) is 3.67. The average molecular weight is 239 g/mol. The van der Waals surface area contributed by atoms with Crippen LogP contribution in [0.2, 0.25) is 0 Å². The van der Waals surface area contributed by atoms with Gasteiger partial charge in [-0.15, -0.1) is 0 Å². The molecule has 0 aliphatic carbocycles. The van der Waals surface area contributed by atoms with Crippen molar-refractivity contribution in [2.75, 3.05) is 45.8 Å². The number of hydrogen-bond acceptors (Lipinski definition) is 3. The molecule has 2 atom stereocenters. The van der Waals surface area contributed by atoms with Crippen molar-refractivity contribution in [1.29, 1.82) is 0 Å². The van der Waals surface area contributed by atoms with E-state index in [4.69, 9.17) is 0 Å². The maximum Gasteiger partial charge on any atom is 0.0235 e. The highest BCUT2D eigenvalue weighted by Crippen LogP contribution is 2.19. The van der Waals surface area contributed by atoms with Crippen LogP contribution in [0.15, 0.2) is 0 Å². The Morgan fingerprint density at radius 1 is 1.24 bits per heavy atom. The van der Waals surface area contributed by atoms with Crippen LogP contribution in [0.3, 0.4) is 0 Å². The molecule has 2 heterocycles. The minimum absolute atomic E-state index is 0.821. The Morgan fingerprint density at radius 2 is 2.06 bits per heavy atom. The average Bonchev–Trinajstić information content (AvgIpc) is 2.81. The normalized spacial score (nSPS) is 31.2. The second-order valence-corrected chi connectivity index (χ2v) is 5.64. The molecule has 0 amide bonds. The largest absolute Gasteiger partial charge is 0.316 e. The number of hydrogen-bond donors (Lipinski definition) is 1. The van der Waals surface area contributed by atoms with Gasteiger partial charge in [-0.1, -0.05) is 13.8 Å². The zero-order valence-electron chi connectivity index (χ0n) is 11.6. The molecular formula is C14H29N3. The van der Waals surface area contributed by atoms with Crippen LogP contribution < -0.4 is 5.32 Å². The Balaban J connectivity index is 1.73. The first kappa shape index (κ1) is 13.3. The van der Waals surface area contributed by atoms with Gasteiger partial charge in [-0.2, -0.15) is 0 Å². The van der Waals surface area contributed by atoms with Crippen LogP contribution in [-0.4, -0.2) is 61.7 Å². The van der Waals surface area contributed by atoms with E-state index in [0.29, 0.717) is 0 Å². The van der Waals surface area contributed by atoms with Gasteiger partial charge in [0, 0.05) is 19.1 Å². The third-order valence-electron chi connectivity index (χ3n) is 4.49. The molecule has 3 nitrogen and oxygen atoms in total. The van der Waals surface area contributed by atoms with Gasteiger partial charge in [0.25, 0.3) is 0 Å². The Kier molecular flexibility index (Phi) is 5.26. The molecule has 17 heavy (non-hydrogen) atoms. The molecule has 0 aromatic carbocycles. The van der Waals surface area contributed by atoms with Crippen LogP contribution in [0.5, 0.6) is 0 Å². The summed E-state index contributed by atoms with van der Waals surface area (Å²) >= 11 is 0. The summed E-state index contributed by atoms with van der Waals surface area (Å²) < 4.78 is 0. The van der Waals surface area contributed by atoms with Crippen LogP contribution in [0.25, 0.3) is 0 Å². The maximum atomic E-state index is 3.53. The summed E-state index contributed by atoms with van der Waals surface area (Å²) in [6.07, 6.45) is 4.18. The highest BCUT2D eigenvalue weighted by atomic mass is 15.2. The van der Waals surface area contributed by atoms with E-state index in [1.165, 1.54) is 65.1 Å². The van der Waals surface area contributed by atoms with E-state index < -0.39 is 0 Å². The lowest BCUT2D eigenvalue weighted by Gasteiger charge is -2.29. The molecule has 2 aliphatic heterocycles. The summed E-state index contributed by atoms with van der Waals surface area (Å²) in [6, 6.07) is 0.821. The smallest absolute Gasteiger partial charge is 0.0235 e. The standard InChI is InChI=1S/C14H29N3/c1-3-17(4-2)14-7-9-16(12-14)11-13-6-5-8-15-10-13/h13-15H,3-12H2,1-2H3. The minimum atomic E-state index is 0.821. The molecule has 0 aromatic rings. The first-order valence-corrected chi connectivity index (χ1v) is 7.50. The topological polar surface area (TPSA) is 18.5 Å². The van der Waals surface area contributed by atoms with Crippen molar-refractivity contribution in [1.82, 2.24) is 15.1 Å². The van der Waals surface area contributed by atoms with Gasteiger partial charge in [-0.05, 0) is 57.9 Å². The van der Waals surface area contributed by atoms with Crippen LogP contribution in [-0.2, 0) is 0 Å². The molecule has 0 bridgehead atoms. The lowest BCUT2D eigenvalue weighted by atomic mass is 9.99. The van der Waals surface area contributed by atoms with E-state index >= 15 is 0 Å². The predicted molar refractivity (Wildman–Crippen MR) is 73.4 cm³/mol. The molecule has 0 saturated carbocycles. The van der Waals surface area contributed by atoms with Gasteiger partial charge < -0.3 is 10.2 Å². The van der Waals surface area contributed by atoms with E-state index in [1.54, 1.807) is 0 Å². The van der Waals surface area contributed by atoms with Gasteiger partial charge >= 0.3 is 0 Å². The fourth-order valence-electron chi connectivity index (χ4n) is 3.46. The van der Waals surface area contributed by atoms with Gasteiger partial charge in [0.2, 0.25) is 0 Å².